The summed E-state index contributed by atoms with van der Waals surface area (Å²) in [4.78, 5) is 27.2. The van der Waals surface area contributed by atoms with E-state index in [0.717, 1.165) is 32.9 Å². The lowest BCUT2D eigenvalue weighted by molar-refractivity contribution is -0.123. The average Bonchev–Trinajstić information content (AvgIpc) is 3.08. The third kappa shape index (κ3) is 6.37. The maximum Gasteiger partial charge on any atom is 0.293 e. The van der Waals surface area contributed by atoms with Crippen LogP contribution in [0.3, 0.4) is 0 Å². The first-order valence-corrected chi connectivity index (χ1v) is 13.4. The van der Waals surface area contributed by atoms with Crippen molar-refractivity contribution in [1.29, 1.82) is 0 Å². The van der Waals surface area contributed by atoms with E-state index in [9.17, 15) is 9.59 Å². The fraction of sp³-hybridized carbons (Fsp3) is 0.185. The van der Waals surface area contributed by atoms with Crippen LogP contribution in [0.4, 0.5) is 4.79 Å². The molecule has 35 heavy (non-hydrogen) atoms. The molecule has 1 saturated heterocycles. The summed E-state index contributed by atoms with van der Waals surface area (Å²) in [5, 5.41) is -0.286. The van der Waals surface area contributed by atoms with E-state index in [0.29, 0.717) is 34.1 Å². The second kappa shape index (κ2) is 11.5. The van der Waals surface area contributed by atoms with Crippen molar-refractivity contribution in [3.05, 3.63) is 96.8 Å². The lowest BCUT2D eigenvalue weighted by Crippen LogP contribution is -2.27. The van der Waals surface area contributed by atoms with E-state index in [1.165, 1.54) is 10.5 Å². The number of hydrogen-bond acceptors (Lipinski definition) is 5. The summed E-state index contributed by atoms with van der Waals surface area (Å²) in [5.74, 6) is 0.846. The Hall–Kier alpha value is -2.55. The molecule has 0 unspecified atom stereocenters. The number of carbonyl (C=O) groups is 2. The van der Waals surface area contributed by atoms with Gasteiger partial charge in [-0.3, -0.25) is 14.5 Å². The zero-order valence-corrected chi connectivity index (χ0v) is 23.2. The summed E-state index contributed by atoms with van der Waals surface area (Å²) in [7, 11) is 0. The number of rotatable bonds is 8. The molecule has 0 spiro atoms. The highest BCUT2D eigenvalue weighted by atomic mass is 79.9. The molecule has 5 nitrogen and oxygen atoms in total. The SMILES string of the molecule is CCOc1cc(/C=C2\SC(=O)N(Cc3ccc(Br)cc3)C2=O)cc(Br)c1OCc1ccc(C)cc1. The van der Waals surface area contributed by atoms with E-state index in [4.69, 9.17) is 9.47 Å². The molecule has 4 rings (SSSR count). The number of imide groups is 1. The highest BCUT2D eigenvalue weighted by Gasteiger charge is 2.35. The van der Waals surface area contributed by atoms with Gasteiger partial charge in [-0.15, -0.1) is 0 Å². The van der Waals surface area contributed by atoms with Gasteiger partial charge in [0.15, 0.2) is 11.5 Å². The van der Waals surface area contributed by atoms with E-state index in [2.05, 4.69) is 31.9 Å². The molecule has 0 radical (unpaired) electrons. The minimum atomic E-state index is -0.309. The quantitative estimate of drug-likeness (QED) is 0.242. The Kier molecular flexibility index (Phi) is 8.36. The van der Waals surface area contributed by atoms with Gasteiger partial charge in [-0.25, -0.2) is 0 Å². The highest BCUT2D eigenvalue weighted by molar-refractivity contribution is 9.10. The number of thioether (sulfide) groups is 1. The molecule has 1 aliphatic heterocycles. The molecule has 1 aliphatic rings. The lowest BCUT2D eigenvalue weighted by Gasteiger charge is -2.15. The van der Waals surface area contributed by atoms with Crippen LogP contribution in [0.2, 0.25) is 0 Å². The van der Waals surface area contributed by atoms with E-state index in [1.807, 2.05) is 74.5 Å². The predicted molar refractivity (Wildman–Crippen MR) is 146 cm³/mol. The number of ether oxygens (including phenoxy) is 2. The monoisotopic (exact) mass is 615 g/mol. The Balaban J connectivity index is 1.54. The van der Waals surface area contributed by atoms with Crippen LogP contribution in [0.25, 0.3) is 6.08 Å². The largest absolute Gasteiger partial charge is 0.490 e. The third-order valence-corrected chi connectivity index (χ3v) is 7.29. The Morgan fingerprint density at radius 2 is 1.63 bits per heavy atom. The fourth-order valence-corrected chi connectivity index (χ4v) is 5.15. The van der Waals surface area contributed by atoms with Crippen LogP contribution in [-0.2, 0) is 17.9 Å². The molecule has 1 heterocycles. The summed E-state index contributed by atoms with van der Waals surface area (Å²) >= 11 is 7.92. The van der Waals surface area contributed by atoms with Crippen molar-refractivity contribution >= 4 is 60.8 Å². The normalized spacial score (nSPS) is 14.6. The second-order valence-corrected chi connectivity index (χ2v) is 10.7. The van der Waals surface area contributed by atoms with Crippen LogP contribution >= 0.6 is 43.6 Å². The van der Waals surface area contributed by atoms with Crippen LogP contribution < -0.4 is 9.47 Å². The first-order valence-electron chi connectivity index (χ1n) is 11.0. The molecule has 3 aromatic rings. The van der Waals surface area contributed by atoms with Gasteiger partial charge in [0, 0.05) is 4.47 Å². The molecule has 0 aromatic heterocycles. The van der Waals surface area contributed by atoms with E-state index in [1.54, 1.807) is 6.08 Å². The van der Waals surface area contributed by atoms with Crippen LogP contribution in [0.5, 0.6) is 11.5 Å². The van der Waals surface area contributed by atoms with Crippen LogP contribution in [0.15, 0.2) is 74.5 Å². The fourth-order valence-electron chi connectivity index (χ4n) is 3.47. The first-order chi connectivity index (χ1) is 16.8. The maximum absolute atomic E-state index is 13.0. The summed E-state index contributed by atoms with van der Waals surface area (Å²) in [6.07, 6.45) is 1.71. The summed E-state index contributed by atoms with van der Waals surface area (Å²) < 4.78 is 13.5. The molecule has 0 bridgehead atoms. The summed E-state index contributed by atoms with van der Waals surface area (Å²) in [6.45, 7) is 5.03. The van der Waals surface area contributed by atoms with Crippen molar-refractivity contribution in [2.24, 2.45) is 0 Å². The number of nitrogens with zero attached hydrogens (tertiary/aromatic N) is 1. The van der Waals surface area contributed by atoms with E-state index < -0.39 is 0 Å². The van der Waals surface area contributed by atoms with Gasteiger partial charge in [0.25, 0.3) is 11.1 Å². The Bertz CT molecular complexity index is 1270. The van der Waals surface area contributed by atoms with Crippen molar-refractivity contribution < 1.29 is 19.1 Å². The zero-order valence-electron chi connectivity index (χ0n) is 19.2. The van der Waals surface area contributed by atoms with Gasteiger partial charge in [-0.05, 0) is 88.6 Å². The minimum Gasteiger partial charge on any atom is -0.490 e. The number of benzene rings is 3. The smallest absolute Gasteiger partial charge is 0.293 e. The van der Waals surface area contributed by atoms with Crippen molar-refractivity contribution in [2.75, 3.05) is 6.61 Å². The van der Waals surface area contributed by atoms with E-state index >= 15 is 0 Å². The van der Waals surface area contributed by atoms with Gasteiger partial charge in [-0.2, -0.15) is 0 Å². The number of carbonyl (C=O) groups excluding carboxylic acids is 2. The van der Waals surface area contributed by atoms with Crippen molar-refractivity contribution in [1.82, 2.24) is 4.90 Å². The molecule has 2 amide bonds. The van der Waals surface area contributed by atoms with Crippen molar-refractivity contribution in [2.45, 2.75) is 27.0 Å². The molecular formula is C27H23Br2NO4S. The van der Waals surface area contributed by atoms with Crippen LogP contribution in [0.1, 0.15) is 29.2 Å². The predicted octanol–water partition coefficient (Wildman–Crippen LogP) is 7.73. The zero-order chi connectivity index (χ0) is 24.9. The Morgan fingerprint density at radius 1 is 0.943 bits per heavy atom. The third-order valence-electron chi connectivity index (χ3n) is 5.26. The topological polar surface area (TPSA) is 55.8 Å². The molecule has 8 heteroatoms. The minimum absolute atomic E-state index is 0.231. The maximum atomic E-state index is 13.0. The first kappa shape index (κ1) is 25.5. The van der Waals surface area contributed by atoms with Crippen molar-refractivity contribution in [3.63, 3.8) is 0 Å². The van der Waals surface area contributed by atoms with Crippen LogP contribution in [0, 0.1) is 6.92 Å². The Morgan fingerprint density at radius 3 is 2.31 bits per heavy atom. The molecule has 1 fully saturated rings. The molecule has 0 saturated carbocycles. The number of aryl methyl sites for hydroxylation is 1. The second-order valence-electron chi connectivity index (χ2n) is 7.93. The standard InChI is InChI=1S/C27H23Br2NO4S/c1-3-33-23-13-20(12-22(29)25(23)34-16-19-6-4-17(2)5-7-19)14-24-26(31)30(27(32)35-24)15-18-8-10-21(28)11-9-18/h4-14H,3,15-16H2,1-2H3/b24-14-. The van der Waals surface area contributed by atoms with Gasteiger partial charge in [0.05, 0.1) is 22.5 Å². The summed E-state index contributed by atoms with van der Waals surface area (Å²) in [6, 6.07) is 19.4. The van der Waals surface area contributed by atoms with Gasteiger partial charge < -0.3 is 9.47 Å². The van der Waals surface area contributed by atoms with Gasteiger partial charge in [-0.1, -0.05) is 57.9 Å². The molecule has 0 aliphatic carbocycles. The van der Waals surface area contributed by atoms with Gasteiger partial charge >= 0.3 is 0 Å². The average molecular weight is 617 g/mol. The number of hydrogen-bond donors (Lipinski definition) is 0. The Labute approximate surface area is 225 Å². The molecule has 180 valence electrons. The molecule has 3 aromatic carbocycles. The number of amides is 2. The molecule has 0 atom stereocenters. The van der Waals surface area contributed by atoms with Gasteiger partial charge in [0.2, 0.25) is 0 Å². The molecular weight excluding hydrogens is 594 g/mol. The van der Waals surface area contributed by atoms with Crippen molar-refractivity contribution in [3.8, 4) is 11.5 Å². The highest BCUT2D eigenvalue weighted by Crippen LogP contribution is 2.40. The summed E-state index contributed by atoms with van der Waals surface area (Å²) in [5.41, 5.74) is 3.86. The number of halogens is 2. The van der Waals surface area contributed by atoms with Crippen LogP contribution in [-0.4, -0.2) is 22.7 Å². The lowest BCUT2D eigenvalue weighted by atomic mass is 10.1. The van der Waals surface area contributed by atoms with E-state index in [-0.39, 0.29) is 17.7 Å². The molecule has 0 N–H and O–H groups in total. The van der Waals surface area contributed by atoms with Gasteiger partial charge in [0.1, 0.15) is 6.61 Å².